The number of nitrogens with two attached hydrogens (primary N) is 1. The summed E-state index contributed by atoms with van der Waals surface area (Å²) in [6.45, 7) is 4.12. The van der Waals surface area contributed by atoms with Crippen LogP contribution in [0, 0.1) is 11.6 Å². The molecule has 9 nitrogen and oxygen atoms in total. The van der Waals surface area contributed by atoms with E-state index in [-0.39, 0.29) is 32.1 Å². The SMILES string of the molecule is CCOC(=O)c1cnc(CC2(c3ccc(Cl)c(F)c3)CC2)nc1.CCOC(=O)c1cnc(Cl)nc1.NC1(c2ccc(Cl)c(F)c2)CC1. The molecule has 2 heterocycles. The van der Waals surface area contributed by atoms with E-state index in [2.05, 4.69) is 19.9 Å². The van der Waals surface area contributed by atoms with Crippen molar-refractivity contribution in [1.82, 2.24) is 19.9 Å². The molecule has 4 aromatic rings. The number of carbonyl (C=O) groups is 2. The first-order valence-electron chi connectivity index (χ1n) is 14.7. The van der Waals surface area contributed by atoms with Crippen LogP contribution in [0.2, 0.25) is 15.3 Å². The molecule has 0 unspecified atom stereocenters. The molecule has 0 bridgehead atoms. The van der Waals surface area contributed by atoms with Crippen LogP contribution in [0.5, 0.6) is 0 Å². The van der Waals surface area contributed by atoms with Gasteiger partial charge in [0.2, 0.25) is 5.28 Å². The Morgan fingerprint density at radius 2 is 1.19 bits per heavy atom. The van der Waals surface area contributed by atoms with Gasteiger partial charge in [-0.1, -0.05) is 35.3 Å². The fraction of sp³-hybridized carbons (Fsp3) is 0.333. The van der Waals surface area contributed by atoms with Gasteiger partial charge in [0, 0.05) is 42.2 Å². The van der Waals surface area contributed by atoms with E-state index in [1.165, 1.54) is 36.9 Å². The molecule has 2 aliphatic rings. The normalized spacial score (nSPS) is 14.8. The van der Waals surface area contributed by atoms with Gasteiger partial charge in [-0.25, -0.2) is 38.3 Å². The number of aromatic nitrogens is 4. The molecule has 2 aromatic heterocycles. The average molecular weight is 707 g/mol. The molecule has 2 aromatic carbocycles. The van der Waals surface area contributed by atoms with Crippen LogP contribution in [-0.2, 0) is 26.8 Å². The van der Waals surface area contributed by atoms with Crippen LogP contribution < -0.4 is 5.73 Å². The summed E-state index contributed by atoms with van der Waals surface area (Å²) in [5.41, 5.74) is 7.88. The zero-order chi connectivity index (χ0) is 34.2. The number of benzene rings is 2. The van der Waals surface area contributed by atoms with Crippen molar-refractivity contribution in [1.29, 1.82) is 0 Å². The average Bonchev–Trinajstić information content (AvgIpc) is 4.00. The maximum atomic E-state index is 13.7. The van der Waals surface area contributed by atoms with Gasteiger partial charge in [0.1, 0.15) is 17.5 Å². The van der Waals surface area contributed by atoms with Crippen LogP contribution >= 0.6 is 34.8 Å². The second-order valence-corrected chi connectivity index (χ2v) is 12.1. The molecule has 0 aliphatic heterocycles. The zero-order valence-corrected chi connectivity index (χ0v) is 27.9. The topological polar surface area (TPSA) is 130 Å². The number of rotatable bonds is 8. The third-order valence-corrected chi connectivity index (χ3v) is 8.32. The van der Waals surface area contributed by atoms with Crippen LogP contribution in [0.3, 0.4) is 0 Å². The standard InChI is InChI=1S/C17H16ClFN2O2.C9H9ClFN.C7H7ClN2O2/c1-2-23-16(22)11-9-20-15(21-10-11)8-17(5-6-17)12-3-4-13(18)14(19)7-12;10-7-2-1-6(5-8(7)11)9(12)3-4-9;1-2-12-6(11)5-3-9-7(8)10-4-5/h3-4,7,9-10H,2,5-6,8H2,1H3;1-2,5H,3-4,12H2;3-4H,2H2,1H3. The second kappa shape index (κ2) is 15.9. The highest BCUT2D eigenvalue weighted by atomic mass is 35.5. The van der Waals surface area contributed by atoms with E-state index in [9.17, 15) is 18.4 Å². The minimum Gasteiger partial charge on any atom is -0.462 e. The molecular weight excluding hydrogens is 675 g/mol. The van der Waals surface area contributed by atoms with E-state index in [1.807, 2.05) is 6.07 Å². The van der Waals surface area contributed by atoms with Crippen molar-refractivity contribution in [3.8, 4) is 0 Å². The first-order valence-corrected chi connectivity index (χ1v) is 15.9. The van der Waals surface area contributed by atoms with E-state index in [0.717, 1.165) is 36.8 Å². The Labute approximate surface area is 285 Å². The van der Waals surface area contributed by atoms with E-state index < -0.39 is 17.8 Å². The van der Waals surface area contributed by atoms with E-state index in [4.69, 9.17) is 50.0 Å². The van der Waals surface area contributed by atoms with Gasteiger partial charge in [0.15, 0.2) is 0 Å². The van der Waals surface area contributed by atoms with Crippen LogP contribution in [0.15, 0.2) is 61.2 Å². The van der Waals surface area contributed by atoms with Crippen LogP contribution in [0.4, 0.5) is 8.78 Å². The Bertz CT molecular complexity index is 1700. The minimum absolute atomic E-state index is 0.114. The molecule has 0 atom stereocenters. The smallest absolute Gasteiger partial charge is 0.341 e. The molecule has 0 spiro atoms. The Hall–Kier alpha value is -3.77. The molecule has 248 valence electrons. The Kier molecular flexibility index (Phi) is 12.2. The van der Waals surface area contributed by atoms with Crippen molar-refractivity contribution in [3.63, 3.8) is 0 Å². The summed E-state index contributed by atoms with van der Waals surface area (Å²) in [4.78, 5) is 38.4. The molecule has 14 heteroatoms. The minimum atomic E-state index is -0.436. The summed E-state index contributed by atoms with van der Waals surface area (Å²) in [5, 5.41) is 0.394. The number of nitrogens with zero attached hydrogens (tertiary/aromatic N) is 4. The van der Waals surface area contributed by atoms with Gasteiger partial charge in [0.05, 0.1) is 34.4 Å². The molecule has 0 saturated heterocycles. The predicted octanol–water partition coefficient (Wildman–Crippen LogP) is 7.45. The lowest BCUT2D eigenvalue weighted by molar-refractivity contribution is 0.0515. The zero-order valence-electron chi connectivity index (χ0n) is 25.6. The van der Waals surface area contributed by atoms with Crippen molar-refractivity contribution in [2.75, 3.05) is 13.2 Å². The van der Waals surface area contributed by atoms with Gasteiger partial charge in [0.25, 0.3) is 0 Å². The molecule has 2 aliphatic carbocycles. The summed E-state index contributed by atoms with van der Waals surface area (Å²) in [6.07, 6.45) is 9.99. The molecule has 0 amide bonds. The van der Waals surface area contributed by atoms with E-state index >= 15 is 0 Å². The lowest BCUT2D eigenvalue weighted by Gasteiger charge is -2.15. The van der Waals surface area contributed by atoms with Gasteiger partial charge >= 0.3 is 11.9 Å². The Balaban J connectivity index is 0.000000176. The number of ether oxygens (including phenoxy) is 2. The maximum absolute atomic E-state index is 13.7. The van der Waals surface area contributed by atoms with Gasteiger partial charge in [-0.15, -0.1) is 0 Å². The summed E-state index contributed by atoms with van der Waals surface area (Å²) in [7, 11) is 0. The number of hydrogen-bond donors (Lipinski definition) is 1. The van der Waals surface area contributed by atoms with E-state index in [1.54, 1.807) is 32.0 Å². The lowest BCUT2D eigenvalue weighted by atomic mass is 9.92. The number of halogens is 5. The molecule has 2 fully saturated rings. The highest BCUT2D eigenvalue weighted by molar-refractivity contribution is 6.31. The van der Waals surface area contributed by atoms with Crippen molar-refractivity contribution in [2.45, 2.75) is 56.9 Å². The molecule has 2 saturated carbocycles. The van der Waals surface area contributed by atoms with Gasteiger partial charge < -0.3 is 15.2 Å². The largest absolute Gasteiger partial charge is 0.462 e. The van der Waals surface area contributed by atoms with Gasteiger partial charge in [-0.2, -0.15) is 0 Å². The summed E-state index contributed by atoms with van der Waals surface area (Å²) >= 11 is 16.7. The highest BCUT2D eigenvalue weighted by Gasteiger charge is 2.45. The van der Waals surface area contributed by atoms with Crippen molar-refractivity contribution < 1.29 is 27.8 Å². The van der Waals surface area contributed by atoms with Crippen molar-refractivity contribution in [2.24, 2.45) is 5.73 Å². The first-order chi connectivity index (χ1) is 22.4. The number of hydrogen-bond acceptors (Lipinski definition) is 9. The Morgan fingerprint density at radius 3 is 1.62 bits per heavy atom. The molecule has 2 N–H and O–H groups in total. The highest BCUT2D eigenvalue weighted by Crippen LogP contribution is 2.50. The fourth-order valence-corrected chi connectivity index (χ4v) is 4.81. The molecule has 47 heavy (non-hydrogen) atoms. The monoisotopic (exact) mass is 705 g/mol. The number of carbonyl (C=O) groups excluding carboxylic acids is 2. The van der Waals surface area contributed by atoms with Crippen LogP contribution in [-0.4, -0.2) is 45.1 Å². The molecule has 6 rings (SSSR count). The van der Waals surface area contributed by atoms with E-state index in [0.29, 0.717) is 36.6 Å². The van der Waals surface area contributed by atoms with Gasteiger partial charge in [-0.05, 0) is 86.5 Å². The quantitative estimate of drug-likeness (QED) is 0.147. The third-order valence-electron chi connectivity index (χ3n) is 7.51. The maximum Gasteiger partial charge on any atom is 0.341 e. The van der Waals surface area contributed by atoms with Gasteiger partial charge in [-0.3, -0.25) is 0 Å². The lowest BCUT2D eigenvalue weighted by Crippen LogP contribution is -2.18. The first kappa shape index (κ1) is 36.1. The summed E-state index contributed by atoms with van der Waals surface area (Å²) in [5.74, 6) is -1.03. The van der Waals surface area contributed by atoms with Crippen molar-refractivity contribution in [3.05, 3.63) is 116 Å². The molecule has 0 radical (unpaired) electrons. The van der Waals surface area contributed by atoms with Crippen LogP contribution in [0.1, 0.15) is 77.2 Å². The van der Waals surface area contributed by atoms with Crippen LogP contribution in [0.25, 0.3) is 0 Å². The second-order valence-electron chi connectivity index (χ2n) is 10.9. The fourth-order valence-electron chi connectivity index (χ4n) is 4.47. The Morgan fingerprint density at radius 1 is 0.745 bits per heavy atom. The number of esters is 2. The predicted molar refractivity (Wildman–Crippen MR) is 174 cm³/mol. The third kappa shape index (κ3) is 9.87. The van der Waals surface area contributed by atoms with Crippen molar-refractivity contribution >= 4 is 46.7 Å². The summed E-state index contributed by atoms with van der Waals surface area (Å²) in [6, 6.07) is 9.69. The summed E-state index contributed by atoms with van der Waals surface area (Å²) < 4.78 is 36.2. The molecular formula is C33H32Cl3F2N5O4.